The summed E-state index contributed by atoms with van der Waals surface area (Å²) in [5, 5.41) is 0. The third-order valence-corrected chi connectivity index (χ3v) is 5.59. The van der Waals surface area contributed by atoms with Crippen molar-refractivity contribution in [1.82, 2.24) is 14.8 Å². The maximum Gasteiger partial charge on any atom is 0.275 e. The van der Waals surface area contributed by atoms with Gasteiger partial charge in [0.05, 0.1) is 13.7 Å². The summed E-state index contributed by atoms with van der Waals surface area (Å²) in [5.74, 6) is 1.90. The van der Waals surface area contributed by atoms with Crippen LogP contribution in [0.4, 0.5) is 0 Å². The second-order valence-corrected chi connectivity index (χ2v) is 7.86. The van der Waals surface area contributed by atoms with Gasteiger partial charge < -0.3 is 14.1 Å². The van der Waals surface area contributed by atoms with Gasteiger partial charge in [0.2, 0.25) is 5.89 Å². The Morgan fingerprint density at radius 1 is 1.18 bits per heavy atom. The first-order valence-corrected chi connectivity index (χ1v) is 10.1. The molecule has 3 rings (SSSR count). The van der Waals surface area contributed by atoms with Crippen LogP contribution in [0.3, 0.4) is 0 Å². The summed E-state index contributed by atoms with van der Waals surface area (Å²) in [6.45, 7) is 9.62. The predicted molar refractivity (Wildman–Crippen MR) is 108 cm³/mol. The highest BCUT2D eigenvalue weighted by Crippen LogP contribution is 2.20. The monoisotopic (exact) mass is 385 g/mol. The normalized spacial score (nSPS) is 15.4. The van der Waals surface area contributed by atoms with Crippen molar-refractivity contribution in [1.29, 1.82) is 0 Å². The molecule has 0 saturated carbocycles. The second-order valence-electron chi connectivity index (χ2n) is 7.86. The summed E-state index contributed by atoms with van der Waals surface area (Å²) in [6, 6.07) is 8.46. The van der Waals surface area contributed by atoms with Crippen LogP contribution in [0.2, 0.25) is 0 Å². The highest BCUT2D eigenvalue weighted by atomic mass is 16.5. The molecule has 2 heterocycles. The average Bonchev–Trinajstić information content (AvgIpc) is 3.39. The summed E-state index contributed by atoms with van der Waals surface area (Å²) >= 11 is 0. The third kappa shape index (κ3) is 4.93. The van der Waals surface area contributed by atoms with Crippen molar-refractivity contribution < 1.29 is 13.9 Å². The van der Waals surface area contributed by atoms with E-state index in [-0.39, 0.29) is 5.91 Å². The lowest BCUT2D eigenvalue weighted by Crippen LogP contribution is -2.36. The van der Waals surface area contributed by atoms with E-state index in [1.54, 1.807) is 7.11 Å². The number of likely N-dealkylation sites (tertiary alicyclic amines) is 1. The molecule has 0 aliphatic carbocycles. The van der Waals surface area contributed by atoms with Crippen molar-refractivity contribution in [2.24, 2.45) is 5.92 Å². The fourth-order valence-corrected chi connectivity index (χ4v) is 3.47. The minimum Gasteiger partial charge on any atom is -0.497 e. The number of methoxy groups -OCH3 is 1. The molecule has 152 valence electrons. The van der Waals surface area contributed by atoms with Gasteiger partial charge in [-0.05, 0) is 43.4 Å². The van der Waals surface area contributed by atoms with Gasteiger partial charge in [-0.3, -0.25) is 9.69 Å². The van der Waals surface area contributed by atoms with Crippen molar-refractivity contribution in [2.75, 3.05) is 20.2 Å². The van der Waals surface area contributed by atoms with Crippen LogP contribution in [-0.4, -0.2) is 46.9 Å². The number of rotatable bonds is 8. The molecule has 1 aliphatic heterocycles. The fraction of sp³-hybridized carbons (Fsp3) is 0.545. The molecule has 1 unspecified atom stereocenters. The number of carbonyl (C=O) groups excluding carboxylic acids is 1. The zero-order valence-corrected chi connectivity index (χ0v) is 17.4. The lowest BCUT2D eigenvalue weighted by Gasteiger charge is -2.30. The van der Waals surface area contributed by atoms with Crippen LogP contribution in [0.5, 0.6) is 5.75 Å². The molecule has 0 spiro atoms. The van der Waals surface area contributed by atoms with Crippen LogP contribution < -0.4 is 4.74 Å². The number of carbonyl (C=O) groups is 1. The van der Waals surface area contributed by atoms with Crippen LogP contribution in [-0.2, 0) is 13.1 Å². The number of oxazole rings is 1. The number of hydrogen-bond donors (Lipinski definition) is 0. The van der Waals surface area contributed by atoms with E-state index >= 15 is 0 Å². The first-order valence-electron chi connectivity index (χ1n) is 10.1. The Balaban J connectivity index is 1.71. The quantitative estimate of drug-likeness (QED) is 0.688. The van der Waals surface area contributed by atoms with Crippen molar-refractivity contribution in [3.05, 3.63) is 47.7 Å². The number of nitrogens with zero attached hydrogens (tertiary/aromatic N) is 3. The first kappa shape index (κ1) is 20.4. The predicted octanol–water partition coefficient (Wildman–Crippen LogP) is 3.97. The van der Waals surface area contributed by atoms with E-state index in [0.717, 1.165) is 38.2 Å². The summed E-state index contributed by atoms with van der Waals surface area (Å²) < 4.78 is 10.9. The van der Waals surface area contributed by atoms with Crippen LogP contribution >= 0.6 is 0 Å². The Morgan fingerprint density at radius 3 is 2.46 bits per heavy atom. The van der Waals surface area contributed by atoms with Gasteiger partial charge in [0.15, 0.2) is 5.69 Å². The molecule has 6 nitrogen and oxygen atoms in total. The van der Waals surface area contributed by atoms with Gasteiger partial charge in [-0.25, -0.2) is 4.98 Å². The molecule has 0 bridgehead atoms. The lowest BCUT2D eigenvalue weighted by atomic mass is 10.0. The zero-order chi connectivity index (χ0) is 20.1. The molecule has 28 heavy (non-hydrogen) atoms. The highest BCUT2D eigenvalue weighted by molar-refractivity contribution is 5.92. The summed E-state index contributed by atoms with van der Waals surface area (Å²) in [5.41, 5.74) is 1.62. The van der Waals surface area contributed by atoms with E-state index in [4.69, 9.17) is 9.15 Å². The number of aromatic nitrogens is 1. The van der Waals surface area contributed by atoms with Crippen LogP contribution in [0, 0.1) is 5.92 Å². The molecular formula is C22H31N3O3. The van der Waals surface area contributed by atoms with Gasteiger partial charge in [-0.1, -0.05) is 26.0 Å². The fourth-order valence-electron chi connectivity index (χ4n) is 3.47. The van der Waals surface area contributed by atoms with E-state index < -0.39 is 0 Å². The second kappa shape index (κ2) is 9.24. The van der Waals surface area contributed by atoms with Crippen molar-refractivity contribution in [3.8, 4) is 5.75 Å². The number of hydrogen-bond acceptors (Lipinski definition) is 5. The molecule has 2 aromatic rings. The maximum atomic E-state index is 12.5. The smallest absolute Gasteiger partial charge is 0.275 e. The molecule has 1 fully saturated rings. The summed E-state index contributed by atoms with van der Waals surface area (Å²) in [4.78, 5) is 21.2. The van der Waals surface area contributed by atoms with Gasteiger partial charge in [0.1, 0.15) is 12.0 Å². The van der Waals surface area contributed by atoms with Crippen LogP contribution in [0.1, 0.15) is 55.6 Å². The standard InChI is InChI=1S/C22H31N3O3/c1-16(2)17(3)25(13-18-7-9-19(27-4)10-8-18)14-21-23-20(15-28-21)22(26)24-11-5-6-12-24/h7-10,15-17H,5-6,11-14H2,1-4H3. The van der Waals surface area contributed by atoms with E-state index in [1.807, 2.05) is 17.0 Å². The van der Waals surface area contributed by atoms with Crippen molar-refractivity contribution in [2.45, 2.75) is 52.7 Å². The topological polar surface area (TPSA) is 58.8 Å². The van der Waals surface area contributed by atoms with Gasteiger partial charge >= 0.3 is 0 Å². The van der Waals surface area contributed by atoms with E-state index in [2.05, 4.69) is 42.8 Å². The molecule has 0 N–H and O–H groups in total. The highest BCUT2D eigenvalue weighted by Gasteiger charge is 2.24. The van der Waals surface area contributed by atoms with Gasteiger partial charge in [-0.2, -0.15) is 0 Å². The van der Waals surface area contributed by atoms with E-state index in [0.29, 0.717) is 30.1 Å². The summed E-state index contributed by atoms with van der Waals surface area (Å²) in [7, 11) is 1.67. The number of amides is 1. The molecule has 1 aliphatic rings. The van der Waals surface area contributed by atoms with Gasteiger partial charge in [0.25, 0.3) is 5.91 Å². The summed E-state index contributed by atoms with van der Waals surface area (Å²) in [6.07, 6.45) is 3.64. The zero-order valence-electron chi connectivity index (χ0n) is 17.4. The SMILES string of the molecule is COc1ccc(CN(Cc2nc(C(=O)N3CCCC3)co2)C(C)C(C)C)cc1. The molecule has 1 atom stereocenters. The van der Waals surface area contributed by atoms with Crippen molar-refractivity contribution >= 4 is 5.91 Å². The molecule has 1 amide bonds. The molecule has 6 heteroatoms. The minimum atomic E-state index is -0.0221. The molecular weight excluding hydrogens is 354 g/mol. The van der Waals surface area contributed by atoms with E-state index in [9.17, 15) is 4.79 Å². The average molecular weight is 386 g/mol. The molecule has 1 saturated heterocycles. The molecule has 1 aromatic heterocycles. The Bertz CT molecular complexity index is 764. The van der Waals surface area contributed by atoms with E-state index in [1.165, 1.54) is 11.8 Å². The lowest BCUT2D eigenvalue weighted by molar-refractivity contribution is 0.0786. The van der Waals surface area contributed by atoms with Gasteiger partial charge in [-0.15, -0.1) is 0 Å². The molecule has 0 radical (unpaired) electrons. The first-order chi connectivity index (χ1) is 13.5. The van der Waals surface area contributed by atoms with Gasteiger partial charge in [0, 0.05) is 25.7 Å². The largest absolute Gasteiger partial charge is 0.497 e. The Hall–Kier alpha value is -2.34. The number of ether oxygens (including phenoxy) is 1. The Kier molecular flexibility index (Phi) is 6.73. The van der Waals surface area contributed by atoms with Crippen molar-refractivity contribution in [3.63, 3.8) is 0 Å². The number of benzene rings is 1. The maximum absolute atomic E-state index is 12.5. The minimum absolute atomic E-state index is 0.0221. The third-order valence-electron chi connectivity index (χ3n) is 5.59. The Labute approximate surface area is 167 Å². The molecule has 1 aromatic carbocycles. The Morgan fingerprint density at radius 2 is 1.86 bits per heavy atom. The van der Waals surface area contributed by atoms with Crippen LogP contribution in [0.15, 0.2) is 34.9 Å². The van der Waals surface area contributed by atoms with Crippen LogP contribution in [0.25, 0.3) is 0 Å².